The van der Waals surface area contributed by atoms with Crippen molar-refractivity contribution in [2.75, 3.05) is 76.4 Å². The Balaban J connectivity index is 0.000000168. The molecule has 0 saturated carbocycles. The summed E-state index contributed by atoms with van der Waals surface area (Å²) in [5, 5.41) is 0. The monoisotopic (exact) mass is 725 g/mol. The molecular weight excluding hydrogens is 683 g/mol. The maximum atomic E-state index is 13.1. The van der Waals surface area contributed by atoms with Gasteiger partial charge in [-0.25, -0.2) is 9.97 Å². The van der Waals surface area contributed by atoms with Gasteiger partial charge in [-0.2, -0.15) is 0 Å². The van der Waals surface area contributed by atoms with E-state index in [4.69, 9.17) is 9.47 Å². The number of anilines is 2. The fourth-order valence-corrected chi connectivity index (χ4v) is 6.69. The summed E-state index contributed by atoms with van der Waals surface area (Å²) in [7, 11) is 3.29. The third-order valence-corrected chi connectivity index (χ3v) is 9.64. The van der Waals surface area contributed by atoms with Crippen molar-refractivity contribution in [3.8, 4) is 28.4 Å². The number of para-hydroxylation sites is 1. The number of pyridine rings is 1. The minimum Gasteiger partial charge on any atom is -0.497 e. The third-order valence-electron chi connectivity index (χ3n) is 9.64. The van der Waals surface area contributed by atoms with Crippen molar-refractivity contribution in [1.29, 1.82) is 0 Å². The van der Waals surface area contributed by atoms with Gasteiger partial charge >= 0.3 is 0 Å². The van der Waals surface area contributed by atoms with E-state index in [1.54, 1.807) is 39.3 Å². The molecule has 5 heterocycles. The number of imidazole rings is 2. The number of nitrogens with zero attached hydrogens (tertiary/aromatic N) is 8. The van der Waals surface area contributed by atoms with Crippen molar-refractivity contribution < 1.29 is 19.1 Å². The van der Waals surface area contributed by atoms with Crippen LogP contribution in [0.3, 0.4) is 0 Å². The largest absolute Gasteiger partial charge is 0.497 e. The van der Waals surface area contributed by atoms with Gasteiger partial charge < -0.3 is 34.1 Å². The van der Waals surface area contributed by atoms with Crippen LogP contribution in [-0.2, 0) is 0 Å². The second-order valence-corrected chi connectivity index (χ2v) is 12.8. The van der Waals surface area contributed by atoms with Crippen LogP contribution in [0.1, 0.15) is 21.0 Å². The van der Waals surface area contributed by atoms with E-state index in [0.717, 1.165) is 60.3 Å². The number of hydrogen-bond donors (Lipinski definition) is 1. The lowest BCUT2D eigenvalue weighted by Crippen LogP contribution is -2.49. The van der Waals surface area contributed by atoms with E-state index in [1.165, 1.54) is 0 Å². The molecule has 3 aromatic carbocycles. The van der Waals surface area contributed by atoms with Crippen molar-refractivity contribution in [2.45, 2.75) is 0 Å². The number of H-pyrrole nitrogens is 1. The maximum Gasteiger partial charge on any atom is 0.272 e. The van der Waals surface area contributed by atoms with Gasteiger partial charge in [0.05, 0.1) is 45.0 Å². The average molecular weight is 726 g/mol. The van der Waals surface area contributed by atoms with E-state index < -0.39 is 0 Å². The molecule has 2 saturated heterocycles. The van der Waals surface area contributed by atoms with Crippen LogP contribution < -0.4 is 19.3 Å². The fourth-order valence-electron chi connectivity index (χ4n) is 6.69. The lowest BCUT2D eigenvalue weighted by atomic mass is 10.1. The smallest absolute Gasteiger partial charge is 0.272 e. The van der Waals surface area contributed by atoms with Crippen molar-refractivity contribution in [2.24, 2.45) is 0 Å². The van der Waals surface area contributed by atoms with Gasteiger partial charge in [0.15, 0.2) is 0 Å². The van der Waals surface area contributed by atoms with Gasteiger partial charge in [0.25, 0.3) is 11.8 Å². The van der Waals surface area contributed by atoms with E-state index in [1.807, 2.05) is 112 Å². The highest BCUT2D eigenvalue weighted by Crippen LogP contribution is 2.29. The molecule has 0 bridgehead atoms. The molecule has 0 unspecified atom stereocenters. The maximum absolute atomic E-state index is 13.1. The summed E-state index contributed by atoms with van der Waals surface area (Å²) >= 11 is 0. The molecule has 0 radical (unpaired) electrons. The molecule has 276 valence electrons. The number of ether oxygens (including phenoxy) is 2. The molecule has 0 aliphatic carbocycles. The summed E-state index contributed by atoms with van der Waals surface area (Å²) in [4.78, 5) is 50.0. The lowest BCUT2D eigenvalue weighted by Gasteiger charge is -2.36. The molecule has 2 fully saturated rings. The summed E-state index contributed by atoms with van der Waals surface area (Å²) in [6, 6.07) is 29.4. The number of aromatic amines is 1. The molecule has 0 spiro atoms. The second kappa shape index (κ2) is 16.8. The average Bonchev–Trinajstić information content (AvgIpc) is 3.96. The van der Waals surface area contributed by atoms with Crippen LogP contribution in [0.15, 0.2) is 122 Å². The second-order valence-electron chi connectivity index (χ2n) is 12.8. The van der Waals surface area contributed by atoms with Crippen LogP contribution in [0.5, 0.6) is 11.5 Å². The predicted octanol–water partition coefficient (Wildman–Crippen LogP) is 5.29. The Labute approximate surface area is 314 Å². The normalized spacial score (nSPS) is 14.3. The molecule has 2 amide bonds. The van der Waals surface area contributed by atoms with Crippen LogP contribution in [0, 0.1) is 0 Å². The molecule has 13 nitrogen and oxygen atoms in total. The molecule has 0 atom stereocenters. The summed E-state index contributed by atoms with van der Waals surface area (Å²) < 4.78 is 12.6. The standard InChI is InChI=1S/C22H24N4O3.C19H19N5O/c1-28-19-12-18(13-20(14-19)29-2)24-8-10-25(11-9-24)22(27)21-15-23-16-26(21)17-6-4-3-5-7-17;25-19(18-17(21-14-22-18)15-5-2-1-3-6-15)24-11-9-23(10-12-24)16-7-4-8-20-13-16/h3-7,12-16H,8-11H2,1-2H3;1-8,13-14H,9-12H2,(H,21,22). The van der Waals surface area contributed by atoms with Gasteiger partial charge in [-0.3, -0.25) is 19.1 Å². The topological polar surface area (TPSA) is 125 Å². The van der Waals surface area contributed by atoms with E-state index in [9.17, 15) is 9.59 Å². The number of piperazine rings is 2. The van der Waals surface area contributed by atoms with Crippen LogP contribution in [0.25, 0.3) is 16.9 Å². The molecule has 3 aromatic heterocycles. The summed E-state index contributed by atoms with van der Waals surface area (Å²) in [6.07, 6.45) is 8.53. The zero-order chi connectivity index (χ0) is 37.3. The first-order valence-corrected chi connectivity index (χ1v) is 17.9. The Morgan fingerprint density at radius 3 is 1.83 bits per heavy atom. The molecule has 2 aliphatic rings. The number of amides is 2. The lowest BCUT2D eigenvalue weighted by molar-refractivity contribution is 0.0733. The van der Waals surface area contributed by atoms with Crippen LogP contribution >= 0.6 is 0 Å². The van der Waals surface area contributed by atoms with Crippen LogP contribution in [-0.4, -0.2) is 113 Å². The number of methoxy groups -OCH3 is 2. The van der Waals surface area contributed by atoms with Gasteiger partial charge in [-0.15, -0.1) is 0 Å². The minimum absolute atomic E-state index is 0.00203. The minimum atomic E-state index is -0.00535. The predicted molar refractivity (Wildman–Crippen MR) is 208 cm³/mol. The van der Waals surface area contributed by atoms with E-state index in [0.29, 0.717) is 43.3 Å². The van der Waals surface area contributed by atoms with Gasteiger partial charge in [-0.1, -0.05) is 48.5 Å². The number of aromatic nitrogens is 5. The number of rotatable bonds is 8. The van der Waals surface area contributed by atoms with Crippen molar-refractivity contribution >= 4 is 23.2 Å². The van der Waals surface area contributed by atoms with Crippen molar-refractivity contribution in [3.05, 3.63) is 134 Å². The van der Waals surface area contributed by atoms with Gasteiger partial charge in [-0.05, 0) is 24.3 Å². The highest BCUT2D eigenvalue weighted by Gasteiger charge is 2.27. The molecule has 1 N–H and O–H groups in total. The molecule has 6 aromatic rings. The highest BCUT2D eigenvalue weighted by atomic mass is 16.5. The Morgan fingerprint density at radius 1 is 0.630 bits per heavy atom. The van der Waals surface area contributed by atoms with E-state index >= 15 is 0 Å². The van der Waals surface area contributed by atoms with Crippen molar-refractivity contribution in [3.63, 3.8) is 0 Å². The fraction of sp³-hybridized carbons (Fsp3) is 0.244. The first-order valence-electron chi connectivity index (χ1n) is 17.9. The molecule has 13 heteroatoms. The first kappa shape index (κ1) is 35.8. The number of nitrogens with one attached hydrogen (secondary N) is 1. The number of hydrogen-bond acceptors (Lipinski definition) is 9. The molecule has 54 heavy (non-hydrogen) atoms. The quantitative estimate of drug-likeness (QED) is 0.223. The molecular formula is C41H43N9O4. The number of benzene rings is 3. The van der Waals surface area contributed by atoms with Gasteiger partial charge in [0.1, 0.15) is 28.6 Å². The zero-order valence-corrected chi connectivity index (χ0v) is 30.4. The van der Waals surface area contributed by atoms with E-state index in [-0.39, 0.29) is 11.8 Å². The summed E-state index contributed by atoms with van der Waals surface area (Å²) in [6.45, 7) is 5.71. The van der Waals surface area contributed by atoms with Crippen LogP contribution in [0.2, 0.25) is 0 Å². The van der Waals surface area contributed by atoms with Crippen LogP contribution in [0.4, 0.5) is 11.4 Å². The first-order chi connectivity index (χ1) is 26.5. The number of carbonyl (C=O) groups is 2. The van der Waals surface area contributed by atoms with Gasteiger partial charge in [0.2, 0.25) is 0 Å². The molecule has 2 aliphatic heterocycles. The number of carbonyl (C=O) groups excluding carboxylic acids is 2. The van der Waals surface area contributed by atoms with E-state index in [2.05, 4.69) is 29.7 Å². The Morgan fingerprint density at radius 2 is 1.22 bits per heavy atom. The van der Waals surface area contributed by atoms with Gasteiger partial charge in [0, 0.05) is 93.7 Å². The SMILES string of the molecule is COc1cc(OC)cc(N2CCN(C(=O)c3cncn3-c3ccccc3)CC2)c1.O=C(c1[nH]cnc1-c1ccccc1)N1CCN(c2cccnc2)CC1. The summed E-state index contributed by atoms with van der Waals surface area (Å²) in [5.74, 6) is 1.51. The third kappa shape index (κ3) is 8.04. The molecule has 8 rings (SSSR count). The zero-order valence-electron chi connectivity index (χ0n) is 30.4. The highest BCUT2D eigenvalue weighted by molar-refractivity contribution is 5.98. The van der Waals surface area contributed by atoms with Crippen molar-refractivity contribution in [1.82, 2.24) is 34.3 Å². The Hall–Kier alpha value is -6.63. The summed E-state index contributed by atoms with van der Waals surface area (Å²) in [5.41, 5.74) is 5.84. The Kier molecular flexibility index (Phi) is 11.1. The Bertz CT molecular complexity index is 2100.